The molecule has 10 aromatic rings. The van der Waals surface area contributed by atoms with E-state index in [4.69, 9.17) is 0 Å². The Balaban J connectivity index is 1.08. The molecule has 0 saturated heterocycles. The van der Waals surface area contributed by atoms with E-state index in [9.17, 15) is 0 Å². The van der Waals surface area contributed by atoms with Gasteiger partial charge in [0.25, 0.3) is 0 Å². The number of hydrogen-bond acceptors (Lipinski definition) is 2. The molecule has 0 saturated carbocycles. The lowest BCUT2D eigenvalue weighted by atomic mass is 9.82. The number of anilines is 3. The van der Waals surface area contributed by atoms with Crippen molar-refractivity contribution in [1.29, 1.82) is 0 Å². The van der Waals surface area contributed by atoms with Crippen LogP contribution in [0, 0.1) is 0 Å². The molecular formula is C57H41NS. The van der Waals surface area contributed by atoms with Gasteiger partial charge in [0.15, 0.2) is 0 Å². The van der Waals surface area contributed by atoms with E-state index in [0.29, 0.717) is 0 Å². The summed E-state index contributed by atoms with van der Waals surface area (Å²) in [6, 6.07) is 78.1. The number of nitrogens with zero attached hydrogens (tertiary/aromatic N) is 1. The lowest BCUT2D eigenvalue weighted by Gasteiger charge is -2.29. The molecule has 1 nitrogen and oxygen atoms in total. The lowest BCUT2D eigenvalue weighted by Crippen LogP contribution is -2.16. The first-order valence-corrected chi connectivity index (χ1v) is 21.2. The van der Waals surface area contributed by atoms with Crippen LogP contribution in [0.2, 0.25) is 0 Å². The van der Waals surface area contributed by atoms with Gasteiger partial charge < -0.3 is 4.90 Å². The van der Waals surface area contributed by atoms with Gasteiger partial charge in [0.1, 0.15) is 0 Å². The van der Waals surface area contributed by atoms with Crippen LogP contribution in [0.4, 0.5) is 17.1 Å². The second kappa shape index (κ2) is 14.1. The minimum absolute atomic E-state index is 0.125. The fourth-order valence-electron chi connectivity index (χ4n) is 9.33. The van der Waals surface area contributed by atoms with Crippen molar-refractivity contribution in [2.45, 2.75) is 19.3 Å². The number of fused-ring (bicyclic) bond motifs is 6. The van der Waals surface area contributed by atoms with E-state index in [2.05, 4.69) is 231 Å². The van der Waals surface area contributed by atoms with E-state index in [-0.39, 0.29) is 5.41 Å². The van der Waals surface area contributed by atoms with Crippen molar-refractivity contribution in [1.82, 2.24) is 0 Å². The zero-order valence-electron chi connectivity index (χ0n) is 33.1. The molecule has 1 aliphatic carbocycles. The minimum atomic E-state index is -0.125. The maximum absolute atomic E-state index is 2.45. The third-order valence-electron chi connectivity index (χ3n) is 12.3. The molecule has 0 fully saturated rings. The van der Waals surface area contributed by atoms with Gasteiger partial charge in [-0.1, -0.05) is 178 Å². The quantitative estimate of drug-likeness (QED) is 0.156. The Hall–Kier alpha value is -7.00. The fraction of sp³-hybridized carbons (Fsp3) is 0.0526. The first-order chi connectivity index (χ1) is 29.0. The molecule has 11 rings (SSSR count). The van der Waals surface area contributed by atoms with Gasteiger partial charge in [0.05, 0.1) is 0 Å². The third kappa shape index (κ3) is 5.99. The Labute approximate surface area is 350 Å². The van der Waals surface area contributed by atoms with Crippen molar-refractivity contribution in [2.75, 3.05) is 4.90 Å². The van der Waals surface area contributed by atoms with Crippen molar-refractivity contribution < 1.29 is 0 Å². The smallest absolute Gasteiger partial charge is 0.0473 e. The van der Waals surface area contributed by atoms with Crippen LogP contribution < -0.4 is 4.90 Å². The molecule has 9 aromatic carbocycles. The molecule has 1 aromatic heterocycles. The summed E-state index contributed by atoms with van der Waals surface area (Å²) in [7, 11) is 0. The van der Waals surface area contributed by atoms with E-state index in [1.807, 2.05) is 11.3 Å². The van der Waals surface area contributed by atoms with Crippen LogP contribution in [0.5, 0.6) is 0 Å². The molecule has 0 bridgehead atoms. The van der Waals surface area contributed by atoms with Crippen LogP contribution in [0.15, 0.2) is 212 Å². The highest BCUT2D eigenvalue weighted by atomic mass is 32.1. The molecule has 1 heterocycles. The van der Waals surface area contributed by atoms with Gasteiger partial charge in [-0.05, 0) is 110 Å². The molecule has 0 atom stereocenters. The highest BCUT2D eigenvalue weighted by Gasteiger charge is 2.35. The second-order valence-corrected chi connectivity index (χ2v) is 17.2. The maximum atomic E-state index is 2.45. The van der Waals surface area contributed by atoms with E-state index in [0.717, 1.165) is 17.1 Å². The predicted molar refractivity (Wildman–Crippen MR) is 253 cm³/mol. The van der Waals surface area contributed by atoms with Gasteiger partial charge >= 0.3 is 0 Å². The Morgan fingerprint density at radius 2 is 0.898 bits per heavy atom. The summed E-state index contributed by atoms with van der Waals surface area (Å²) in [5, 5.41) is 2.64. The molecule has 0 N–H and O–H groups in total. The van der Waals surface area contributed by atoms with Crippen molar-refractivity contribution in [3.8, 4) is 55.6 Å². The third-order valence-corrected chi connectivity index (χ3v) is 13.5. The molecule has 2 heteroatoms. The average Bonchev–Trinajstić information content (AvgIpc) is 3.79. The zero-order valence-corrected chi connectivity index (χ0v) is 33.9. The monoisotopic (exact) mass is 771 g/mol. The zero-order chi connectivity index (χ0) is 39.5. The van der Waals surface area contributed by atoms with Gasteiger partial charge in [0.2, 0.25) is 0 Å². The highest BCUT2D eigenvalue weighted by molar-refractivity contribution is 7.26. The van der Waals surface area contributed by atoms with Gasteiger partial charge in [0, 0.05) is 48.2 Å². The van der Waals surface area contributed by atoms with Crippen LogP contribution in [-0.4, -0.2) is 0 Å². The minimum Gasteiger partial charge on any atom is -0.310 e. The largest absolute Gasteiger partial charge is 0.310 e. The Kier molecular flexibility index (Phi) is 8.43. The Morgan fingerprint density at radius 1 is 0.339 bits per heavy atom. The van der Waals surface area contributed by atoms with E-state index >= 15 is 0 Å². The predicted octanol–water partition coefficient (Wildman–Crippen LogP) is 16.5. The van der Waals surface area contributed by atoms with Gasteiger partial charge in [-0.3, -0.25) is 0 Å². The second-order valence-electron chi connectivity index (χ2n) is 16.1. The van der Waals surface area contributed by atoms with E-state index in [1.165, 1.54) is 86.9 Å². The lowest BCUT2D eigenvalue weighted by molar-refractivity contribution is 0.660. The van der Waals surface area contributed by atoms with Crippen molar-refractivity contribution in [3.63, 3.8) is 0 Å². The maximum Gasteiger partial charge on any atom is 0.0473 e. The summed E-state index contributed by atoms with van der Waals surface area (Å²) in [5.74, 6) is 0. The summed E-state index contributed by atoms with van der Waals surface area (Å²) >= 11 is 1.89. The van der Waals surface area contributed by atoms with Crippen LogP contribution in [0.3, 0.4) is 0 Å². The summed E-state index contributed by atoms with van der Waals surface area (Å²) in [4.78, 5) is 2.45. The Morgan fingerprint density at radius 3 is 1.63 bits per heavy atom. The van der Waals surface area contributed by atoms with Crippen LogP contribution in [0.1, 0.15) is 25.0 Å². The highest BCUT2D eigenvalue weighted by Crippen LogP contribution is 2.51. The number of benzene rings is 9. The molecular weight excluding hydrogens is 731 g/mol. The molecule has 59 heavy (non-hydrogen) atoms. The molecule has 1 aliphatic rings. The van der Waals surface area contributed by atoms with E-state index in [1.54, 1.807) is 0 Å². The number of rotatable bonds is 7. The van der Waals surface area contributed by atoms with E-state index < -0.39 is 0 Å². The van der Waals surface area contributed by atoms with Gasteiger partial charge in [-0.2, -0.15) is 0 Å². The summed E-state index contributed by atoms with van der Waals surface area (Å²) in [6.07, 6.45) is 0. The Bertz CT molecular complexity index is 3120. The number of thiophene rings is 1. The first kappa shape index (κ1) is 35.2. The molecule has 0 aliphatic heterocycles. The summed E-state index contributed by atoms with van der Waals surface area (Å²) in [6.45, 7) is 4.72. The molecule has 0 amide bonds. The summed E-state index contributed by atoms with van der Waals surface area (Å²) in [5.41, 5.74) is 18.3. The van der Waals surface area contributed by atoms with Crippen molar-refractivity contribution in [2.24, 2.45) is 0 Å². The van der Waals surface area contributed by atoms with Crippen LogP contribution in [-0.2, 0) is 5.41 Å². The summed E-state index contributed by atoms with van der Waals surface area (Å²) < 4.78 is 2.65. The SMILES string of the molecule is CC1(C)c2ccccc2-c2ccc(N(c3ccc(-c4ccccc4-c4cccc5c4sc4ccccc45)cc3)c3cc(-c4ccccc4)cc(-c4ccccc4)c3)cc21. The molecule has 280 valence electrons. The molecule has 0 radical (unpaired) electrons. The standard InChI is InChI=1S/C57H41NS/c1-57(2)53-26-13-11-22-48(53)49-33-32-44(37-54(49)57)58(45-35-41(38-16-5-3-6-17-38)34-42(36-45)39-18-7-4-8-19-39)43-30-28-40(29-31-43)46-20-9-10-21-47(46)51-24-15-25-52-50-23-12-14-27-55(50)59-56(51)52/h3-37H,1-2H3. The van der Waals surface area contributed by atoms with Gasteiger partial charge in [-0.15, -0.1) is 11.3 Å². The molecule has 0 spiro atoms. The fourth-order valence-corrected chi connectivity index (χ4v) is 10.6. The van der Waals surface area contributed by atoms with Crippen molar-refractivity contribution >= 4 is 48.6 Å². The van der Waals surface area contributed by atoms with Gasteiger partial charge in [-0.25, -0.2) is 0 Å². The topological polar surface area (TPSA) is 3.24 Å². The molecule has 0 unspecified atom stereocenters. The van der Waals surface area contributed by atoms with Crippen LogP contribution >= 0.6 is 11.3 Å². The normalized spacial score (nSPS) is 12.7. The van der Waals surface area contributed by atoms with Crippen LogP contribution in [0.25, 0.3) is 75.8 Å². The first-order valence-electron chi connectivity index (χ1n) is 20.4. The average molecular weight is 772 g/mol. The van der Waals surface area contributed by atoms with Crippen molar-refractivity contribution in [3.05, 3.63) is 223 Å². The number of hydrogen-bond donors (Lipinski definition) is 0.